The first kappa shape index (κ1) is 27.0. The molecule has 0 fully saturated rings. The summed E-state index contributed by atoms with van der Waals surface area (Å²) in [5.74, 6) is 0.297. The number of rotatable bonds is 12. The van der Waals surface area contributed by atoms with Crippen LogP contribution in [0.1, 0.15) is 47.6 Å². The van der Waals surface area contributed by atoms with Gasteiger partial charge < -0.3 is 15.0 Å². The predicted octanol–water partition coefficient (Wildman–Crippen LogP) is 5.55. The van der Waals surface area contributed by atoms with Gasteiger partial charge in [-0.1, -0.05) is 79.6 Å². The van der Waals surface area contributed by atoms with Crippen molar-refractivity contribution in [2.24, 2.45) is 0 Å². The number of carbonyl (C=O) groups is 2. The molecule has 5 nitrogen and oxygen atoms in total. The first-order valence-electron chi connectivity index (χ1n) is 12.7. The third-order valence-electron chi connectivity index (χ3n) is 6.09. The Labute approximate surface area is 215 Å². The summed E-state index contributed by atoms with van der Waals surface area (Å²) in [4.78, 5) is 28.8. The second kappa shape index (κ2) is 13.5. The first-order chi connectivity index (χ1) is 17.4. The van der Waals surface area contributed by atoms with E-state index >= 15 is 0 Å². The molecule has 0 bridgehead atoms. The number of nitrogens with zero attached hydrogens (tertiary/aromatic N) is 1. The van der Waals surface area contributed by atoms with Gasteiger partial charge in [0, 0.05) is 19.5 Å². The van der Waals surface area contributed by atoms with Crippen molar-refractivity contribution in [1.29, 1.82) is 0 Å². The summed E-state index contributed by atoms with van der Waals surface area (Å²) >= 11 is 0. The van der Waals surface area contributed by atoms with Gasteiger partial charge in [-0.25, -0.2) is 0 Å². The molecule has 0 spiro atoms. The molecule has 190 valence electrons. The van der Waals surface area contributed by atoms with Crippen molar-refractivity contribution >= 4 is 11.8 Å². The van der Waals surface area contributed by atoms with Gasteiger partial charge in [0.05, 0.1) is 0 Å². The van der Waals surface area contributed by atoms with Crippen molar-refractivity contribution in [3.05, 3.63) is 101 Å². The van der Waals surface area contributed by atoms with Crippen LogP contribution in [0.5, 0.6) is 5.75 Å². The van der Waals surface area contributed by atoms with E-state index in [2.05, 4.69) is 24.4 Å². The first-order valence-corrected chi connectivity index (χ1v) is 12.7. The van der Waals surface area contributed by atoms with Crippen LogP contribution in [-0.2, 0) is 22.6 Å². The normalized spacial score (nSPS) is 11.6. The zero-order valence-electron chi connectivity index (χ0n) is 21.9. The second-order valence-corrected chi connectivity index (χ2v) is 9.47. The van der Waals surface area contributed by atoms with Crippen LogP contribution >= 0.6 is 0 Å². The number of amides is 2. The van der Waals surface area contributed by atoms with E-state index in [1.807, 2.05) is 81.4 Å². The number of aryl methyl sites for hydroxylation is 3. The number of hydrogen-bond donors (Lipinski definition) is 1. The summed E-state index contributed by atoms with van der Waals surface area (Å²) in [7, 11) is 0. The molecule has 1 unspecified atom stereocenters. The fraction of sp³-hybridized carbons (Fsp3) is 0.355. The minimum Gasteiger partial charge on any atom is -0.484 e. The van der Waals surface area contributed by atoms with E-state index in [-0.39, 0.29) is 18.4 Å². The van der Waals surface area contributed by atoms with Gasteiger partial charge >= 0.3 is 0 Å². The SMILES string of the molecule is CCCCNC(=O)C(Cc1ccccc1)N(Cc1cccc(C)c1)C(=O)COc1cc(C)cc(C)c1. The number of hydrogen-bond acceptors (Lipinski definition) is 3. The topological polar surface area (TPSA) is 58.6 Å². The molecule has 1 N–H and O–H groups in total. The summed E-state index contributed by atoms with van der Waals surface area (Å²) < 4.78 is 5.93. The summed E-state index contributed by atoms with van der Waals surface area (Å²) in [5, 5.41) is 3.05. The van der Waals surface area contributed by atoms with Crippen molar-refractivity contribution in [3.63, 3.8) is 0 Å². The third-order valence-corrected chi connectivity index (χ3v) is 6.09. The number of unbranched alkanes of at least 4 members (excludes halogenated alkanes) is 1. The second-order valence-electron chi connectivity index (χ2n) is 9.47. The molecule has 0 aliphatic carbocycles. The van der Waals surface area contributed by atoms with Crippen molar-refractivity contribution in [3.8, 4) is 5.75 Å². The maximum Gasteiger partial charge on any atom is 0.261 e. The molecule has 3 aromatic carbocycles. The lowest BCUT2D eigenvalue weighted by Crippen LogP contribution is -2.51. The molecule has 0 saturated heterocycles. The zero-order valence-corrected chi connectivity index (χ0v) is 21.9. The highest BCUT2D eigenvalue weighted by Gasteiger charge is 2.30. The van der Waals surface area contributed by atoms with Gasteiger partial charge in [-0.15, -0.1) is 0 Å². The molecule has 5 heteroatoms. The molecule has 0 aromatic heterocycles. The lowest BCUT2D eigenvalue weighted by atomic mass is 10.0. The van der Waals surface area contributed by atoms with Crippen molar-refractivity contribution < 1.29 is 14.3 Å². The Balaban J connectivity index is 1.89. The van der Waals surface area contributed by atoms with Crippen LogP contribution < -0.4 is 10.1 Å². The van der Waals surface area contributed by atoms with E-state index in [1.54, 1.807) is 4.90 Å². The summed E-state index contributed by atoms with van der Waals surface area (Å²) in [6.07, 6.45) is 2.31. The van der Waals surface area contributed by atoms with E-state index < -0.39 is 6.04 Å². The van der Waals surface area contributed by atoms with E-state index in [1.165, 1.54) is 0 Å². The number of nitrogens with one attached hydrogen (secondary N) is 1. The summed E-state index contributed by atoms with van der Waals surface area (Å²) in [5.41, 5.74) is 5.25. The number of ether oxygens (including phenoxy) is 1. The highest BCUT2D eigenvalue weighted by Crippen LogP contribution is 2.19. The van der Waals surface area contributed by atoms with Crippen molar-refractivity contribution in [2.45, 2.75) is 59.5 Å². The Morgan fingerprint density at radius 1 is 0.861 bits per heavy atom. The van der Waals surface area contributed by atoms with Gasteiger partial charge in [-0.3, -0.25) is 9.59 Å². The quantitative estimate of drug-likeness (QED) is 0.342. The van der Waals surface area contributed by atoms with E-state index in [4.69, 9.17) is 4.74 Å². The van der Waals surface area contributed by atoms with Crippen LogP contribution in [0.3, 0.4) is 0 Å². The minimum atomic E-state index is -0.653. The molecule has 3 rings (SSSR count). The molecule has 3 aromatic rings. The maximum atomic E-state index is 13.7. The number of benzene rings is 3. The molecule has 1 atom stereocenters. The molecule has 2 amide bonds. The Hall–Kier alpha value is -3.60. The average molecular weight is 487 g/mol. The molecule has 0 radical (unpaired) electrons. The van der Waals surface area contributed by atoms with Crippen LogP contribution in [0.2, 0.25) is 0 Å². The summed E-state index contributed by atoms with van der Waals surface area (Å²) in [6, 6.07) is 23.2. The number of carbonyl (C=O) groups excluding carboxylic acids is 2. The fourth-order valence-corrected chi connectivity index (χ4v) is 4.31. The summed E-state index contributed by atoms with van der Waals surface area (Å²) in [6.45, 7) is 8.90. The fourth-order valence-electron chi connectivity index (χ4n) is 4.31. The molecule has 0 saturated carbocycles. The largest absolute Gasteiger partial charge is 0.484 e. The Morgan fingerprint density at radius 3 is 2.22 bits per heavy atom. The Morgan fingerprint density at radius 2 is 1.56 bits per heavy atom. The highest BCUT2D eigenvalue weighted by molar-refractivity contribution is 5.88. The van der Waals surface area contributed by atoms with E-state index in [0.717, 1.165) is 40.7 Å². The maximum absolute atomic E-state index is 13.7. The lowest BCUT2D eigenvalue weighted by Gasteiger charge is -2.31. The molecular formula is C31H38N2O3. The monoisotopic (exact) mass is 486 g/mol. The molecule has 0 heterocycles. The van der Waals surface area contributed by atoms with Gasteiger partial charge in [-0.05, 0) is 61.6 Å². The predicted molar refractivity (Wildman–Crippen MR) is 145 cm³/mol. The van der Waals surface area contributed by atoms with Crippen LogP contribution in [0.15, 0.2) is 72.8 Å². The smallest absolute Gasteiger partial charge is 0.261 e. The minimum absolute atomic E-state index is 0.137. The Kier molecular flexibility index (Phi) is 10.1. The van der Waals surface area contributed by atoms with E-state index in [0.29, 0.717) is 25.3 Å². The van der Waals surface area contributed by atoms with Gasteiger partial charge in [-0.2, -0.15) is 0 Å². The van der Waals surface area contributed by atoms with Gasteiger partial charge in [0.2, 0.25) is 5.91 Å². The van der Waals surface area contributed by atoms with E-state index in [9.17, 15) is 9.59 Å². The molecule has 0 aliphatic rings. The van der Waals surface area contributed by atoms with Crippen LogP contribution in [0.4, 0.5) is 0 Å². The van der Waals surface area contributed by atoms with Crippen LogP contribution in [0.25, 0.3) is 0 Å². The standard InChI is InChI=1S/C31H38N2O3/c1-5-6-15-32-31(35)29(20-26-12-8-7-9-13-26)33(21-27-14-10-11-23(2)17-27)30(34)22-36-28-18-24(3)16-25(4)19-28/h7-14,16-19,29H,5-6,15,20-22H2,1-4H3,(H,32,35). The van der Waals surface area contributed by atoms with Gasteiger partial charge in [0.25, 0.3) is 5.91 Å². The van der Waals surface area contributed by atoms with Gasteiger partial charge in [0.1, 0.15) is 11.8 Å². The lowest BCUT2D eigenvalue weighted by molar-refractivity contribution is -0.142. The Bertz CT molecular complexity index is 1120. The highest BCUT2D eigenvalue weighted by atomic mass is 16.5. The average Bonchev–Trinajstić information content (AvgIpc) is 2.85. The molecule has 0 aliphatic heterocycles. The molecular weight excluding hydrogens is 448 g/mol. The van der Waals surface area contributed by atoms with Gasteiger partial charge in [0.15, 0.2) is 6.61 Å². The molecule has 36 heavy (non-hydrogen) atoms. The van der Waals surface area contributed by atoms with Crippen LogP contribution in [-0.4, -0.2) is 35.9 Å². The van der Waals surface area contributed by atoms with Crippen molar-refractivity contribution in [2.75, 3.05) is 13.2 Å². The third kappa shape index (κ3) is 8.26. The zero-order chi connectivity index (χ0) is 25.9. The van der Waals surface area contributed by atoms with Crippen LogP contribution in [0, 0.1) is 20.8 Å². The van der Waals surface area contributed by atoms with Crippen molar-refractivity contribution in [1.82, 2.24) is 10.2 Å².